The highest BCUT2D eigenvalue weighted by molar-refractivity contribution is 5.10. The van der Waals surface area contributed by atoms with Crippen LogP contribution in [-0.4, -0.2) is 11.2 Å². The summed E-state index contributed by atoms with van der Waals surface area (Å²) in [7, 11) is 0. The normalized spacial score (nSPS) is 50.6. The first-order valence-corrected chi connectivity index (χ1v) is 12.6. The van der Waals surface area contributed by atoms with Crippen molar-refractivity contribution in [2.24, 2.45) is 46.3 Å². The number of aliphatic hydroxyl groups excluding tert-OH is 1. The van der Waals surface area contributed by atoms with E-state index in [0.717, 1.165) is 41.9 Å². The van der Waals surface area contributed by atoms with Gasteiger partial charge < -0.3 is 5.11 Å². The lowest BCUT2D eigenvalue weighted by Gasteiger charge is -2.62. The summed E-state index contributed by atoms with van der Waals surface area (Å²) in [5, 5.41) is 11.1. The molecule has 0 aromatic carbocycles. The molecule has 0 heterocycles. The highest BCUT2D eigenvalue weighted by Crippen LogP contribution is 2.68. The van der Waals surface area contributed by atoms with Gasteiger partial charge in [-0.2, -0.15) is 0 Å². The van der Waals surface area contributed by atoms with Crippen LogP contribution in [0, 0.1) is 46.3 Å². The standard InChI is InChI=1S/C26H46O/c1-5-6-7-9-18(2)21-14-15-22-20-13-12-19-10-8-11-24(27)26(19,4)23(20)16-17-25(21,22)3/h18-24,27H,5-17H2,1-4H3/t18-,19?,20+,21-,22+,23+,24?,25-,26+/m1/s1. The maximum Gasteiger partial charge on any atom is 0.0599 e. The van der Waals surface area contributed by atoms with Gasteiger partial charge in [-0.25, -0.2) is 0 Å². The summed E-state index contributed by atoms with van der Waals surface area (Å²) in [6.07, 6.45) is 18.0. The van der Waals surface area contributed by atoms with Crippen molar-refractivity contribution >= 4 is 0 Å². The number of aliphatic hydroxyl groups is 1. The Morgan fingerprint density at radius 1 is 0.926 bits per heavy atom. The Balaban J connectivity index is 1.51. The highest BCUT2D eigenvalue weighted by Gasteiger charge is 2.61. The second kappa shape index (κ2) is 7.66. The van der Waals surface area contributed by atoms with Crippen molar-refractivity contribution in [3.05, 3.63) is 0 Å². The molecule has 0 aromatic heterocycles. The van der Waals surface area contributed by atoms with Crippen molar-refractivity contribution in [1.29, 1.82) is 0 Å². The Labute approximate surface area is 169 Å². The van der Waals surface area contributed by atoms with Gasteiger partial charge in [0, 0.05) is 0 Å². The topological polar surface area (TPSA) is 20.2 Å². The molecule has 4 aliphatic carbocycles. The number of fused-ring (bicyclic) bond motifs is 5. The first-order valence-electron chi connectivity index (χ1n) is 12.6. The van der Waals surface area contributed by atoms with Crippen LogP contribution in [0.1, 0.15) is 111 Å². The molecule has 1 N–H and O–H groups in total. The third-order valence-corrected chi connectivity index (χ3v) is 10.7. The van der Waals surface area contributed by atoms with E-state index in [-0.39, 0.29) is 11.5 Å². The Morgan fingerprint density at radius 3 is 2.52 bits per heavy atom. The lowest BCUT2D eigenvalue weighted by atomic mass is 9.44. The molecule has 0 bridgehead atoms. The summed E-state index contributed by atoms with van der Waals surface area (Å²) < 4.78 is 0. The van der Waals surface area contributed by atoms with Gasteiger partial charge in [-0.1, -0.05) is 59.8 Å². The predicted octanol–water partition coefficient (Wildman–Crippen LogP) is 7.22. The number of unbranched alkanes of at least 4 members (excludes halogenated alkanes) is 2. The first-order chi connectivity index (χ1) is 12.9. The minimum atomic E-state index is -0.0291. The lowest BCUT2D eigenvalue weighted by molar-refractivity contribution is -0.164. The fraction of sp³-hybridized carbons (Fsp3) is 1.00. The van der Waals surface area contributed by atoms with E-state index < -0.39 is 0 Å². The van der Waals surface area contributed by atoms with E-state index in [2.05, 4.69) is 27.7 Å². The molecule has 0 saturated heterocycles. The zero-order valence-corrected chi connectivity index (χ0v) is 18.7. The van der Waals surface area contributed by atoms with E-state index in [1.165, 1.54) is 77.0 Å². The molecular formula is C26H46O. The second-order valence-electron chi connectivity index (χ2n) is 11.7. The van der Waals surface area contributed by atoms with Crippen molar-refractivity contribution < 1.29 is 5.11 Å². The van der Waals surface area contributed by atoms with Crippen LogP contribution in [0.15, 0.2) is 0 Å². The molecular weight excluding hydrogens is 328 g/mol. The molecule has 4 aliphatic rings. The molecule has 156 valence electrons. The van der Waals surface area contributed by atoms with Crippen LogP contribution in [0.2, 0.25) is 0 Å². The van der Waals surface area contributed by atoms with E-state index in [1.54, 1.807) is 0 Å². The summed E-state index contributed by atoms with van der Waals surface area (Å²) in [5.74, 6) is 5.33. The van der Waals surface area contributed by atoms with Crippen molar-refractivity contribution in [2.75, 3.05) is 0 Å². The highest BCUT2D eigenvalue weighted by atomic mass is 16.3. The van der Waals surface area contributed by atoms with Gasteiger partial charge in [-0.05, 0) is 97.7 Å². The molecule has 4 rings (SSSR count). The zero-order valence-electron chi connectivity index (χ0n) is 18.7. The molecule has 0 radical (unpaired) electrons. The van der Waals surface area contributed by atoms with Gasteiger partial charge in [-0.15, -0.1) is 0 Å². The van der Waals surface area contributed by atoms with Crippen molar-refractivity contribution in [2.45, 2.75) is 117 Å². The fourth-order valence-corrected chi connectivity index (χ4v) is 9.21. The first kappa shape index (κ1) is 20.2. The molecule has 1 heteroatoms. The van der Waals surface area contributed by atoms with Crippen LogP contribution < -0.4 is 0 Å². The third-order valence-electron chi connectivity index (χ3n) is 10.7. The number of rotatable bonds is 5. The fourth-order valence-electron chi connectivity index (χ4n) is 9.21. The average molecular weight is 375 g/mol. The summed E-state index contributed by atoms with van der Waals surface area (Å²) >= 11 is 0. The minimum absolute atomic E-state index is 0.0291. The van der Waals surface area contributed by atoms with E-state index in [1.807, 2.05) is 0 Å². The summed E-state index contributed by atoms with van der Waals surface area (Å²) in [5.41, 5.74) is 0.822. The monoisotopic (exact) mass is 374 g/mol. The SMILES string of the molecule is CCCCC[C@@H](C)[C@H]1CC[C@H]2[C@@H]3CCC4CCCC(O)[C@]4(C)[C@H]3CC[C@]12C. The van der Waals surface area contributed by atoms with Crippen molar-refractivity contribution in [1.82, 2.24) is 0 Å². The van der Waals surface area contributed by atoms with Crippen LogP contribution in [0.25, 0.3) is 0 Å². The third kappa shape index (κ3) is 3.13. The molecule has 4 saturated carbocycles. The summed E-state index contributed by atoms with van der Waals surface area (Å²) in [6, 6.07) is 0. The Kier molecular flexibility index (Phi) is 5.74. The quantitative estimate of drug-likeness (QED) is 0.503. The molecule has 0 spiro atoms. The van der Waals surface area contributed by atoms with Gasteiger partial charge in [0.25, 0.3) is 0 Å². The Bertz CT molecular complexity index is 514. The summed E-state index contributed by atoms with van der Waals surface area (Å²) in [6.45, 7) is 10.1. The van der Waals surface area contributed by atoms with Crippen LogP contribution in [0.3, 0.4) is 0 Å². The van der Waals surface area contributed by atoms with Gasteiger partial charge in [0.15, 0.2) is 0 Å². The molecule has 9 atom stereocenters. The van der Waals surface area contributed by atoms with Crippen LogP contribution in [0.4, 0.5) is 0 Å². The van der Waals surface area contributed by atoms with Crippen LogP contribution >= 0.6 is 0 Å². The van der Waals surface area contributed by atoms with E-state index in [4.69, 9.17) is 0 Å². The van der Waals surface area contributed by atoms with Gasteiger partial charge in [-0.3, -0.25) is 0 Å². The predicted molar refractivity (Wildman–Crippen MR) is 115 cm³/mol. The lowest BCUT2D eigenvalue weighted by Crippen LogP contribution is -2.57. The van der Waals surface area contributed by atoms with Gasteiger partial charge >= 0.3 is 0 Å². The zero-order chi connectivity index (χ0) is 19.2. The molecule has 0 aliphatic heterocycles. The average Bonchev–Trinajstić information content (AvgIpc) is 3.00. The van der Waals surface area contributed by atoms with Gasteiger partial charge in [0.2, 0.25) is 0 Å². The molecule has 1 nitrogen and oxygen atoms in total. The number of hydrogen-bond acceptors (Lipinski definition) is 1. The maximum absolute atomic E-state index is 11.1. The van der Waals surface area contributed by atoms with Crippen LogP contribution in [-0.2, 0) is 0 Å². The molecule has 2 unspecified atom stereocenters. The van der Waals surface area contributed by atoms with E-state index in [0.29, 0.717) is 5.41 Å². The van der Waals surface area contributed by atoms with Crippen molar-refractivity contribution in [3.8, 4) is 0 Å². The van der Waals surface area contributed by atoms with Crippen molar-refractivity contribution in [3.63, 3.8) is 0 Å². The Hall–Kier alpha value is -0.0400. The minimum Gasteiger partial charge on any atom is -0.393 e. The number of hydrogen-bond donors (Lipinski definition) is 1. The molecule has 0 amide bonds. The smallest absolute Gasteiger partial charge is 0.0599 e. The van der Waals surface area contributed by atoms with Gasteiger partial charge in [0.1, 0.15) is 0 Å². The Morgan fingerprint density at radius 2 is 1.74 bits per heavy atom. The van der Waals surface area contributed by atoms with E-state index in [9.17, 15) is 5.11 Å². The molecule has 4 fully saturated rings. The van der Waals surface area contributed by atoms with Gasteiger partial charge in [0.05, 0.1) is 6.10 Å². The largest absolute Gasteiger partial charge is 0.393 e. The second-order valence-corrected chi connectivity index (χ2v) is 11.7. The maximum atomic E-state index is 11.1. The van der Waals surface area contributed by atoms with Crippen LogP contribution in [0.5, 0.6) is 0 Å². The molecule has 27 heavy (non-hydrogen) atoms. The molecule has 0 aromatic rings. The summed E-state index contributed by atoms with van der Waals surface area (Å²) in [4.78, 5) is 0. The van der Waals surface area contributed by atoms with E-state index >= 15 is 0 Å².